The van der Waals surface area contributed by atoms with Crippen LogP contribution in [0.25, 0.3) is 0 Å². The molecule has 0 spiro atoms. The molecule has 0 rings (SSSR count). The van der Waals surface area contributed by atoms with E-state index >= 15 is 0 Å². The SMILES string of the molecule is CC(F)(F)CCS(=O)(=O)CCN. The molecule has 0 aromatic heterocycles. The first-order valence-electron chi connectivity index (χ1n) is 3.55. The summed E-state index contributed by atoms with van der Waals surface area (Å²) < 4.78 is 46.1. The van der Waals surface area contributed by atoms with E-state index in [1.54, 1.807) is 0 Å². The zero-order valence-corrected chi connectivity index (χ0v) is 7.70. The van der Waals surface area contributed by atoms with Crippen LogP contribution in [0.1, 0.15) is 13.3 Å². The second-order valence-electron chi connectivity index (χ2n) is 2.76. The monoisotopic (exact) mass is 201 g/mol. The van der Waals surface area contributed by atoms with E-state index < -0.39 is 27.9 Å². The Balaban J connectivity index is 3.94. The number of hydrogen-bond donors (Lipinski definition) is 1. The normalized spacial score (nSPS) is 13.3. The highest BCUT2D eigenvalue weighted by Crippen LogP contribution is 2.17. The summed E-state index contributed by atoms with van der Waals surface area (Å²) in [6.45, 7) is 0.683. The Labute approximate surface area is 70.9 Å². The first-order chi connectivity index (χ1) is 5.27. The maximum atomic E-state index is 12.2. The standard InChI is InChI=1S/C6H13F2NO2S/c1-6(7,8)2-4-12(10,11)5-3-9/h2-5,9H2,1H3. The van der Waals surface area contributed by atoms with Crippen LogP contribution in [0.2, 0.25) is 0 Å². The van der Waals surface area contributed by atoms with E-state index in [9.17, 15) is 17.2 Å². The lowest BCUT2D eigenvalue weighted by molar-refractivity contribution is 0.0189. The van der Waals surface area contributed by atoms with Crippen LogP contribution in [0.15, 0.2) is 0 Å². The lowest BCUT2D eigenvalue weighted by Crippen LogP contribution is -2.22. The summed E-state index contributed by atoms with van der Waals surface area (Å²) in [4.78, 5) is 0. The van der Waals surface area contributed by atoms with Gasteiger partial charge in [0, 0.05) is 13.0 Å². The molecule has 0 radical (unpaired) electrons. The van der Waals surface area contributed by atoms with Crippen molar-refractivity contribution in [2.24, 2.45) is 5.73 Å². The Bertz CT molecular complexity index is 220. The first kappa shape index (κ1) is 11.8. The van der Waals surface area contributed by atoms with E-state index in [1.165, 1.54) is 0 Å². The summed E-state index contributed by atoms with van der Waals surface area (Å²) in [7, 11) is -3.37. The van der Waals surface area contributed by atoms with Crippen molar-refractivity contribution in [1.82, 2.24) is 0 Å². The van der Waals surface area contributed by atoms with Crippen LogP contribution < -0.4 is 5.73 Å². The predicted molar refractivity (Wildman–Crippen MR) is 42.9 cm³/mol. The van der Waals surface area contributed by atoms with Crippen LogP contribution in [-0.4, -0.2) is 32.4 Å². The minimum Gasteiger partial charge on any atom is -0.329 e. The van der Waals surface area contributed by atoms with Crippen LogP contribution in [0.5, 0.6) is 0 Å². The van der Waals surface area contributed by atoms with Gasteiger partial charge >= 0.3 is 0 Å². The fourth-order valence-electron chi connectivity index (χ4n) is 0.616. The molecule has 0 fully saturated rings. The van der Waals surface area contributed by atoms with Crippen molar-refractivity contribution in [3.05, 3.63) is 0 Å². The van der Waals surface area contributed by atoms with Crippen molar-refractivity contribution < 1.29 is 17.2 Å². The minimum absolute atomic E-state index is 0.0163. The number of nitrogens with two attached hydrogens (primary N) is 1. The zero-order valence-electron chi connectivity index (χ0n) is 6.89. The van der Waals surface area contributed by atoms with Crippen molar-refractivity contribution in [2.75, 3.05) is 18.1 Å². The molecule has 0 aliphatic heterocycles. The van der Waals surface area contributed by atoms with Gasteiger partial charge in [0.15, 0.2) is 9.84 Å². The molecule has 0 saturated heterocycles. The fraction of sp³-hybridized carbons (Fsp3) is 1.00. The first-order valence-corrected chi connectivity index (χ1v) is 5.37. The molecule has 0 aliphatic rings. The molecule has 0 saturated carbocycles. The molecule has 0 aromatic rings. The quantitative estimate of drug-likeness (QED) is 0.700. The topological polar surface area (TPSA) is 60.2 Å². The molecule has 0 aromatic carbocycles. The molecule has 0 unspecified atom stereocenters. The van der Waals surface area contributed by atoms with Gasteiger partial charge in [0.05, 0.1) is 11.5 Å². The minimum atomic E-state index is -3.37. The average Bonchev–Trinajstić information content (AvgIpc) is 1.83. The Morgan fingerprint density at radius 1 is 1.33 bits per heavy atom. The van der Waals surface area contributed by atoms with Gasteiger partial charge in [-0.05, 0) is 6.92 Å². The van der Waals surface area contributed by atoms with Crippen LogP contribution >= 0.6 is 0 Å². The predicted octanol–water partition coefficient (Wildman–Crippen LogP) is 0.405. The van der Waals surface area contributed by atoms with Crippen molar-refractivity contribution in [1.29, 1.82) is 0 Å². The highest BCUT2D eigenvalue weighted by atomic mass is 32.2. The molecule has 0 aliphatic carbocycles. The zero-order chi connectivity index (χ0) is 9.83. The van der Waals surface area contributed by atoms with Crippen molar-refractivity contribution in [2.45, 2.75) is 19.3 Å². The molecule has 0 amide bonds. The lowest BCUT2D eigenvalue weighted by Gasteiger charge is -2.09. The molecular formula is C6H13F2NO2S. The number of hydrogen-bond acceptors (Lipinski definition) is 3. The van der Waals surface area contributed by atoms with Crippen LogP contribution in [0.4, 0.5) is 8.78 Å². The van der Waals surface area contributed by atoms with Crippen molar-refractivity contribution in [3.63, 3.8) is 0 Å². The maximum Gasteiger partial charge on any atom is 0.246 e. The fourth-order valence-corrected chi connectivity index (χ4v) is 1.85. The van der Waals surface area contributed by atoms with Gasteiger partial charge in [-0.2, -0.15) is 0 Å². The summed E-state index contributed by atoms with van der Waals surface area (Å²) in [5.41, 5.74) is 4.99. The largest absolute Gasteiger partial charge is 0.329 e. The van der Waals surface area contributed by atoms with E-state index in [4.69, 9.17) is 5.73 Å². The van der Waals surface area contributed by atoms with Crippen LogP contribution in [0, 0.1) is 0 Å². The smallest absolute Gasteiger partial charge is 0.246 e. The summed E-state index contributed by atoms with van der Waals surface area (Å²) >= 11 is 0. The van der Waals surface area contributed by atoms with Crippen molar-refractivity contribution >= 4 is 9.84 Å². The third-order valence-corrected chi connectivity index (χ3v) is 2.96. The highest BCUT2D eigenvalue weighted by Gasteiger charge is 2.24. The molecule has 0 atom stereocenters. The number of rotatable bonds is 5. The lowest BCUT2D eigenvalue weighted by atomic mass is 10.3. The summed E-state index contributed by atoms with van der Waals surface area (Å²) in [5, 5.41) is 0. The average molecular weight is 201 g/mol. The Morgan fingerprint density at radius 3 is 2.17 bits per heavy atom. The molecule has 6 heteroatoms. The van der Waals surface area contributed by atoms with Crippen molar-refractivity contribution in [3.8, 4) is 0 Å². The van der Waals surface area contributed by atoms with Crippen LogP contribution in [-0.2, 0) is 9.84 Å². The van der Waals surface area contributed by atoms with E-state index in [0.717, 1.165) is 0 Å². The molecule has 12 heavy (non-hydrogen) atoms. The molecular weight excluding hydrogens is 188 g/mol. The third-order valence-electron chi connectivity index (χ3n) is 1.28. The second kappa shape index (κ2) is 4.13. The van der Waals surface area contributed by atoms with Crippen LogP contribution in [0.3, 0.4) is 0 Å². The van der Waals surface area contributed by atoms with E-state index in [0.29, 0.717) is 6.92 Å². The summed E-state index contributed by atoms with van der Waals surface area (Å²) in [6.07, 6.45) is -0.630. The van der Waals surface area contributed by atoms with E-state index in [1.807, 2.05) is 0 Å². The number of alkyl halides is 2. The van der Waals surface area contributed by atoms with Gasteiger partial charge in [-0.1, -0.05) is 0 Å². The number of sulfone groups is 1. The number of halogens is 2. The van der Waals surface area contributed by atoms with Gasteiger partial charge < -0.3 is 5.73 Å². The van der Waals surface area contributed by atoms with Gasteiger partial charge in [0.25, 0.3) is 0 Å². The molecule has 3 nitrogen and oxygen atoms in total. The van der Waals surface area contributed by atoms with E-state index in [-0.39, 0.29) is 12.3 Å². The van der Waals surface area contributed by atoms with Gasteiger partial charge in [-0.3, -0.25) is 0 Å². The van der Waals surface area contributed by atoms with E-state index in [2.05, 4.69) is 0 Å². The summed E-state index contributed by atoms with van der Waals surface area (Å²) in [6, 6.07) is 0. The summed E-state index contributed by atoms with van der Waals surface area (Å²) in [5.74, 6) is -3.63. The Kier molecular flexibility index (Phi) is 4.05. The third kappa shape index (κ3) is 6.48. The second-order valence-corrected chi connectivity index (χ2v) is 5.06. The Hall–Kier alpha value is -0.230. The van der Waals surface area contributed by atoms with Gasteiger partial charge in [-0.15, -0.1) is 0 Å². The Morgan fingerprint density at radius 2 is 1.83 bits per heavy atom. The van der Waals surface area contributed by atoms with Gasteiger partial charge in [-0.25, -0.2) is 17.2 Å². The maximum absolute atomic E-state index is 12.2. The highest BCUT2D eigenvalue weighted by molar-refractivity contribution is 7.91. The van der Waals surface area contributed by atoms with Gasteiger partial charge in [0.2, 0.25) is 5.92 Å². The molecule has 0 heterocycles. The molecule has 74 valence electrons. The molecule has 2 N–H and O–H groups in total. The van der Waals surface area contributed by atoms with Gasteiger partial charge in [0.1, 0.15) is 0 Å². The molecule has 0 bridgehead atoms.